The van der Waals surface area contributed by atoms with E-state index in [1.807, 2.05) is 17.9 Å². The van der Waals surface area contributed by atoms with E-state index in [1.165, 1.54) is 4.88 Å². The molecule has 1 fully saturated rings. The van der Waals surface area contributed by atoms with Crippen molar-refractivity contribution in [2.45, 2.75) is 13.3 Å². The molecule has 3 aromatic heterocycles. The Labute approximate surface area is 169 Å². The number of halogens is 1. The lowest BCUT2D eigenvalue weighted by atomic mass is 10.3. The van der Waals surface area contributed by atoms with Crippen LogP contribution in [-0.2, 0) is 13.5 Å². The summed E-state index contributed by atoms with van der Waals surface area (Å²) in [7, 11) is 1.93. The van der Waals surface area contributed by atoms with Crippen molar-refractivity contribution in [1.29, 1.82) is 0 Å². The Morgan fingerprint density at radius 3 is 2.70 bits per heavy atom. The molecule has 0 unspecified atom stereocenters. The third kappa shape index (κ3) is 4.34. The molecular weight excluding hydrogens is 382 g/mol. The van der Waals surface area contributed by atoms with Crippen LogP contribution in [0.25, 0.3) is 11.0 Å². The average Bonchev–Trinajstić information content (AvgIpc) is 3.32. The minimum absolute atomic E-state index is 0. The Kier molecular flexibility index (Phi) is 6.51. The maximum atomic E-state index is 4.84. The van der Waals surface area contributed by atoms with Crippen LogP contribution in [0.4, 0.5) is 11.8 Å². The normalized spacial score (nSPS) is 15.1. The van der Waals surface area contributed by atoms with E-state index in [9.17, 15) is 0 Å². The molecule has 0 aromatic carbocycles. The van der Waals surface area contributed by atoms with E-state index < -0.39 is 0 Å². The molecule has 9 heteroatoms. The van der Waals surface area contributed by atoms with Gasteiger partial charge in [-0.2, -0.15) is 15.1 Å². The van der Waals surface area contributed by atoms with Gasteiger partial charge in [-0.3, -0.25) is 4.68 Å². The molecule has 0 bridgehead atoms. The number of nitrogens with zero attached hydrogens (tertiary/aromatic N) is 6. The van der Waals surface area contributed by atoms with Crippen LogP contribution in [0.2, 0.25) is 0 Å². The van der Waals surface area contributed by atoms with Crippen molar-refractivity contribution in [1.82, 2.24) is 24.6 Å². The topological polar surface area (TPSA) is 62.1 Å². The van der Waals surface area contributed by atoms with Crippen LogP contribution in [-0.4, -0.2) is 63.9 Å². The van der Waals surface area contributed by atoms with E-state index >= 15 is 0 Å². The zero-order valence-corrected chi connectivity index (χ0v) is 17.4. The van der Waals surface area contributed by atoms with Crippen molar-refractivity contribution in [3.8, 4) is 0 Å². The number of aromatic nitrogens is 4. The van der Waals surface area contributed by atoms with Crippen molar-refractivity contribution >= 4 is 46.5 Å². The Bertz CT molecular complexity index is 856. The summed E-state index contributed by atoms with van der Waals surface area (Å²) in [4.78, 5) is 15.7. The first-order chi connectivity index (χ1) is 12.7. The summed E-state index contributed by atoms with van der Waals surface area (Å²) in [6.07, 6.45) is 2.84. The summed E-state index contributed by atoms with van der Waals surface area (Å²) in [5, 5.41) is 11.0. The monoisotopic (exact) mass is 407 g/mol. The number of rotatable bonds is 6. The number of nitrogens with one attached hydrogen (secondary N) is 1. The molecular formula is C18H26ClN7S. The second-order valence-electron chi connectivity index (χ2n) is 6.56. The fourth-order valence-corrected chi connectivity index (χ4v) is 4.02. The number of thiophene rings is 1. The number of hydrogen-bond donors (Lipinski definition) is 1. The van der Waals surface area contributed by atoms with E-state index in [4.69, 9.17) is 9.97 Å². The first-order valence-electron chi connectivity index (χ1n) is 9.18. The van der Waals surface area contributed by atoms with Crippen LogP contribution in [0.5, 0.6) is 0 Å². The number of aryl methyl sites for hydroxylation is 1. The lowest BCUT2D eigenvalue weighted by Crippen LogP contribution is -2.46. The van der Waals surface area contributed by atoms with Gasteiger partial charge in [0.1, 0.15) is 5.82 Å². The Hall–Kier alpha value is -1.90. The number of fused-ring (bicyclic) bond motifs is 1. The maximum absolute atomic E-state index is 4.84. The Balaban J connectivity index is 0.00000210. The molecule has 1 N–H and O–H groups in total. The summed E-state index contributed by atoms with van der Waals surface area (Å²) in [5.41, 5.74) is 0.881. The van der Waals surface area contributed by atoms with Gasteiger partial charge in [0.15, 0.2) is 5.65 Å². The maximum Gasteiger partial charge on any atom is 0.229 e. The van der Waals surface area contributed by atoms with E-state index in [2.05, 4.69) is 44.7 Å². The molecule has 0 atom stereocenters. The van der Waals surface area contributed by atoms with Crippen molar-refractivity contribution in [2.75, 3.05) is 49.5 Å². The second kappa shape index (κ2) is 8.86. The first kappa shape index (κ1) is 19.9. The van der Waals surface area contributed by atoms with Gasteiger partial charge in [-0.15, -0.1) is 23.7 Å². The van der Waals surface area contributed by atoms with E-state index in [-0.39, 0.29) is 12.4 Å². The number of hydrogen-bond acceptors (Lipinski definition) is 7. The quantitative estimate of drug-likeness (QED) is 0.677. The Morgan fingerprint density at radius 2 is 2.00 bits per heavy atom. The first-order valence-corrected chi connectivity index (χ1v) is 10.1. The molecule has 3 aromatic rings. The van der Waals surface area contributed by atoms with E-state index in [0.717, 1.165) is 68.5 Å². The van der Waals surface area contributed by atoms with Crippen molar-refractivity contribution in [3.63, 3.8) is 0 Å². The van der Waals surface area contributed by atoms with Crippen LogP contribution >= 0.6 is 23.7 Å². The van der Waals surface area contributed by atoms with Gasteiger partial charge in [0.05, 0.1) is 11.6 Å². The fraction of sp³-hybridized carbons (Fsp3) is 0.500. The van der Waals surface area contributed by atoms with Crippen molar-refractivity contribution in [2.24, 2.45) is 7.05 Å². The van der Waals surface area contributed by atoms with Gasteiger partial charge in [-0.1, -0.05) is 13.0 Å². The Morgan fingerprint density at radius 1 is 1.19 bits per heavy atom. The van der Waals surface area contributed by atoms with Crippen LogP contribution in [0, 0.1) is 0 Å². The zero-order valence-electron chi connectivity index (χ0n) is 15.8. The van der Waals surface area contributed by atoms with Gasteiger partial charge in [0, 0.05) is 44.6 Å². The van der Waals surface area contributed by atoms with Crippen LogP contribution in [0.15, 0.2) is 23.7 Å². The second-order valence-corrected chi connectivity index (χ2v) is 7.59. The zero-order chi connectivity index (χ0) is 17.9. The smallest absolute Gasteiger partial charge is 0.229 e. The van der Waals surface area contributed by atoms with Crippen LogP contribution in [0.1, 0.15) is 11.8 Å². The standard InChI is InChI=1S/C18H25N7S.ClH/c1-3-24-8-10-25(11-9-24)18-21-16(15-13-20-23(2)17(15)22-18)19-7-6-14-5-4-12-26-14;/h4-5,12-13H,3,6-11H2,1-2H3,(H,19,21,22);1H. The molecule has 4 rings (SSSR count). The summed E-state index contributed by atoms with van der Waals surface area (Å²) in [6.45, 7) is 8.21. The van der Waals surface area contributed by atoms with Gasteiger partial charge >= 0.3 is 0 Å². The van der Waals surface area contributed by atoms with Crippen LogP contribution < -0.4 is 10.2 Å². The molecule has 0 radical (unpaired) electrons. The summed E-state index contributed by atoms with van der Waals surface area (Å²) in [6, 6.07) is 4.27. The fourth-order valence-electron chi connectivity index (χ4n) is 3.31. The van der Waals surface area contributed by atoms with Crippen molar-refractivity contribution in [3.05, 3.63) is 28.6 Å². The predicted octanol–water partition coefficient (Wildman–Crippen LogP) is 2.64. The SMILES string of the molecule is CCN1CCN(c2nc(NCCc3cccs3)c3cnn(C)c3n2)CC1.Cl. The predicted molar refractivity (Wildman–Crippen MR) is 114 cm³/mol. The highest BCUT2D eigenvalue weighted by atomic mass is 35.5. The average molecular weight is 408 g/mol. The van der Waals surface area contributed by atoms with Gasteiger partial charge in [-0.25, -0.2) is 0 Å². The molecule has 0 spiro atoms. The number of likely N-dealkylation sites (N-methyl/N-ethyl adjacent to an activating group) is 1. The van der Waals surface area contributed by atoms with Gasteiger partial charge in [0.2, 0.25) is 5.95 Å². The highest BCUT2D eigenvalue weighted by Gasteiger charge is 2.20. The number of piperazine rings is 1. The van der Waals surface area contributed by atoms with E-state index in [0.29, 0.717) is 0 Å². The molecule has 4 heterocycles. The van der Waals surface area contributed by atoms with Gasteiger partial charge < -0.3 is 15.1 Å². The van der Waals surface area contributed by atoms with Gasteiger partial charge in [0.25, 0.3) is 0 Å². The summed E-state index contributed by atoms with van der Waals surface area (Å²) >= 11 is 1.79. The molecule has 0 amide bonds. The minimum atomic E-state index is 0. The lowest BCUT2D eigenvalue weighted by molar-refractivity contribution is 0.270. The molecule has 1 aliphatic rings. The number of anilines is 2. The van der Waals surface area contributed by atoms with Crippen molar-refractivity contribution < 1.29 is 0 Å². The molecule has 27 heavy (non-hydrogen) atoms. The third-order valence-electron chi connectivity index (χ3n) is 4.93. The third-order valence-corrected chi connectivity index (χ3v) is 5.86. The molecule has 0 aliphatic carbocycles. The largest absolute Gasteiger partial charge is 0.369 e. The highest BCUT2D eigenvalue weighted by molar-refractivity contribution is 7.09. The molecule has 1 saturated heterocycles. The van der Waals surface area contributed by atoms with Crippen LogP contribution in [0.3, 0.4) is 0 Å². The summed E-state index contributed by atoms with van der Waals surface area (Å²) < 4.78 is 1.83. The minimum Gasteiger partial charge on any atom is -0.369 e. The molecule has 146 valence electrons. The molecule has 7 nitrogen and oxygen atoms in total. The molecule has 1 aliphatic heterocycles. The highest BCUT2D eigenvalue weighted by Crippen LogP contribution is 2.24. The lowest BCUT2D eigenvalue weighted by Gasteiger charge is -2.34. The van der Waals surface area contributed by atoms with Gasteiger partial charge in [-0.05, 0) is 24.4 Å². The van der Waals surface area contributed by atoms with E-state index in [1.54, 1.807) is 11.3 Å². The summed E-state index contributed by atoms with van der Waals surface area (Å²) in [5.74, 6) is 1.68. The molecule has 0 saturated carbocycles.